The Hall–Kier alpha value is -2.24. The van der Waals surface area contributed by atoms with E-state index in [4.69, 9.17) is 16.0 Å². The summed E-state index contributed by atoms with van der Waals surface area (Å²) < 4.78 is 5.83. The zero-order valence-electron chi connectivity index (χ0n) is 10.3. The van der Waals surface area contributed by atoms with Crippen LogP contribution in [0.2, 0.25) is 5.02 Å². The highest BCUT2D eigenvalue weighted by Crippen LogP contribution is 2.35. The van der Waals surface area contributed by atoms with Gasteiger partial charge in [-0.1, -0.05) is 41.9 Å². The van der Waals surface area contributed by atoms with Gasteiger partial charge < -0.3 is 4.42 Å². The highest BCUT2D eigenvalue weighted by molar-refractivity contribution is 6.32. The van der Waals surface area contributed by atoms with Crippen molar-refractivity contribution in [3.05, 3.63) is 58.6 Å². The van der Waals surface area contributed by atoms with Crippen molar-refractivity contribution >= 4 is 22.6 Å². The van der Waals surface area contributed by atoms with E-state index in [1.165, 1.54) is 0 Å². The second kappa shape index (κ2) is 4.46. The maximum atomic E-state index is 9.37. The lowest BCUT2D eigenvalue weighted by Crippen LogP contribution is -1.79. The fourth-order valence-electron chi connectivity index (χ4n) is 2.12. The lowest BCUT2D eigenvalue weighted by atomic mass is 10.1. The number of furan rings is 1. The third-order valence-corrected chi connectivity index (χ3v) is 3.52. The van der Waals surface area contributed by atoms with Gasteiger partial charge >= 0.3 is 0 Å². The van der Waals surface area contributed by atoms with Crippen molar-refractivity contribution in [3.8, 4) is 17.4 Å². The lowest BCUT2D eigenvalue weighted by molar-refractivity contribution is 0.630. The summed E-state index contributed by atoms with van der Waals surface area (Å²) in [7, 11) is 0. The van der Waals surface area contributed by atoms with Gasteiger partial charge in [-0.15, -0.1) is 0 Å². The molecule has 0 N–H and O–H groups in total. The van der Waals surface area contributed by atoms with Crippen LogP contribution in [-0.2, 0) is 0 Å². The van der Waals surface area contributed by atoms with Gasteiger partial charge in [0.05, 0.1) is 0 Å². The maximum absolute atomic E-state index is 9.37. The number of aryl methyl sites for hydroxylation is 1. The number of rotatable bonds is 1. The molecule has 92 valence electrons. The van der Waals surface area contributed by atoms with Crippen LogP contribution in [0, 0.1) is 18.3 Å². The molecule has 3 aromatic rings. The summed E-state index contributed by atoms with van der Waals surface area (Å²) in [4.78, 5) is 0. The minimum absolute atomic E-state index is 0.531. The van der Waals surface area contributed by atoms with E-state index in [1.807, 2.05) is 43.3 Å². The Morgan fingerprint density at radius 1 is 1.16 bits per heavy atom. The molecule has 2 nitrogen and oxygen atoms in total. The third kappa shape index (κ3) is 1.89. The van der Waals surface area contributed by atoms with E-state index < -0.39 is 0 Å². The van der Waals surface area contributed by atoms with Crippen molar-refractivity contribution in [2.45, 2.75) is 6.92 Å². The van der Waals surface area contributed by atoms with Crippen LogP contribution in [0.4, 0.5) is 0 Å². The normalized spacial score (nSPS) is 10.6. The van der Waals surface area contributed by atoms with Crippen molar-refractivity contribution in [2.75, 3.05) is 0 Å². The molecule has 0 amide bonds. The first-order valence-electron chi connectivity index (χ1n) is 5.89. The summed E-state index contributed by atoms with van der Waals surface area (Å²) in [6, 6.07) is 15.5. The molecule has 0 radical (unpaired) electrons. The van der Waals surface area contributed by atoms with Gasteiger partial charge in [-0.05, 0) is 24.6 Å². The van der Waals surface area contributed by atoms with Gasteiger partial charge in [0.2, 0.25) is 0 Å². The van der Waals surface area contributed by atoms with Gasteiger partial charge in [0, 0.05) is 16.0 Å². The molecule has 0 spiro atoms. The third-order valence-electron chi connectivity index (χ3n) is 3.12. The predicted molar refractivity (Wildman–Crippen MR) is 76.1 cm³/mol. The van der Waals surface area contributed by atoms with Crippen LogP contribution >= 0.6 is 11.6 Å². The smallest absolute Gasteiger partial charge is 0.153 e. The zero-order chi connectivity index (χ0) is 13.4. The number of benzene rings is 2. The van der Waals surface area contributed by atoms with Gasteiger partial charge in [-0.2, -0.15) is 5.26 Å². The van der Waals surface area contributed by atoms with Crippen LogP contribution in [0.5, 0.6) is 0 Å². The van der Waals surface area contributed by atoms with Crippen molar-refractivity contribution in [3.63, 3.8) is 0 Å². The Morgan fingerprint density at radius 3 is 2.58 bits per heavy atom. The molecule has 3 rings (SSSR count). The molecule has 0 atom stereocenters. The van der Waals surface area contributed by atoms with Crippen molar-refractivity contribution in [1.29, 1.82) is 5.26 Å². The number of hydrogen-bond donors (Lipinski definition) is 0. The molecule has 1 heterocycles. The van der Waals surface area contributed by atoms with E-state index in [0.29, 0.717) is 21.9 Å². The molecule has 0 aliphatic rings. The number of halogens is 1. The first kappa shape index (κ1) is 11.8. The second-order valence-corrected chi connectivity index (χ2v) is 4.79. The number of fused-ring (bicyclic) bond motifs is 1. The molecule has 19 heavy (non-hydrogen) atoms. The van der Waals surface area contributed by atoms with Crippen molar-refractivity contribution in [2.24, 2.45) is 0 Å². The molecule has 0 saturated heterocycles. The van der Waals surface area contributed by atoms with E-state index in [9.17, 15) is 5.26 Å². The minimum atomic E-state index is 0.531. The summed E-state index contributed by atoms with van der Waals surface area (Å²) in [5.41, 5.74) is 3.05. The minimum Gasteiger partial charge on any atom is -0.455 e. The molecular formula is C16H10ClNO. The van der Waals surface area contributed by atoms with Crippen LogP contribution < -0.4 is 0 Å². The first-order chi connectivity index (χ1) is 9.20. The van der Waals surface area contributed by atoms with Gasteiger partial charge in [0.1, 0.15) is 17.2 Å². The Kier molecular flexibility index (Phi) is 2.77. The largest absolute Gasteiger partial charge is 0.455 e. The first-order valence-corrected chi connectivity index (χ1v) is 6.26. The van der Waals surface area contributed by atoms with Crippen LogP contribution in [-0.4, -0.2) is 0 Å². The molecular weight excluding hydrogens is 258 g/mol. The summed E-state index contributed by atoms with van der Waals surface area (Å²) in [5, 5.41) is 10.8. The Labute approximate surface area is 115 Å². The number of nitrogens with zero attached hydrogens (tertiary/aromatic N) is 1. The van der Waals surface area contributed by atoms with Crippen LogP contribution in [0.25, 0.3) is 22.3 Å². The molecule has 0 bridgehead atoms. The van der Waals surface area contributed by atoms with Crippen molar-refractivity contribution < 1.29 is 4.42 Å². The fourth-order valence-corrected chi connectivity index (χ4v) is 2.29. The highest BCUT2D eigenvalue weighted by atomic mass is 35.5. The molecule has 0 unspecified atom stereocenters. The summed E-state index contributed by atoms with van der Waals surface area (Å²) >= 11 is 6.12. The van der Waals surface area contributed by atoms with Gasteiger partial charge in [0.15, 0.2) is 5.76 Å². The topological polar surface area (TPSA) is 36.9 Å². The van der Waals surface area contributed by atoms with Gasteiger partial charge in [0.25, 0.3) is 0 Å². The van der Waals surface area contributed by atoms with E-state index >= 15 is 0 Å². The van der Waals surface area contributed by atoms with Gasteiger partial charge in [-0.25, -0.2) is 0 Å². The molecule has 0 aliphatic heterocycles. The van der Waals surface area contributed by atoms with Crippen LogP contribution in [0.1, 0.15) is 11.1 Å². The van der Waals surface area contributed by atoms with E-state index in [-0.39, 0.29) is 0 Å². The second-order valence-electron chi connectivity index (χ2n) is 4.38. The maximum Gasteiger partial charge on any atom is 0.153 e. The monoisotopic (exact) mass is 267 g/mol. The number of hydrogen-bond acceptors (Lipinski definition) is 2. The van der Waals surface area contributed by atoms with E-state index in [1.54, 1.807) is 6.07 Å². The fraction of sp³-hybridized carbons (Fsp3) is 0.0625. The summed E-state index contributed by atoms with van der Waals surface area (Å²) in [6.07, 6.45) is 0. The summed E-state index contributed by atoms with van der Waals surface area (Å²) in [5.74, 6) is 0.597. The molecule has 0 fully saturated rings. The molecule has 0 aliphatic carbocycles. The van der Waals surface area contributed by atoms with Crippen LogP contribution in [0.3, 0.4) is 0 Å². The molecule has 3 heteroatoms. The Bertz CT molecular complexity index is 797. The Balaban J connectivity index is 2.36. The van der Waals surface area contributed by atoms with E-state index in [2.05, 4.69) is 6.07 Å². The van der Waals surface area contributed by atoms with Crippen LogP contribution in [0.15, 0.2) is 46.9 Å². The average molecular weight is 268 g/mol. The quantitative estimate of drug-likeness (QED) is 0.627. The average Bonchev–Trinajstić information content (AvgIpc) is 2.78. The number of nitriles is 1. The molecule has 2 aromatic carbocycles. The SMILES string of the molecule is Cc1cc2oc(-c3ccccc3)c(C#N)c2cc1Cl. The van der Waals surface area contributed by atoms with E-state index in [0.717, 1.165) is 16.5 Å². The molecule has 1 aromatic heterocycles. The zero-order valence-corrected chi connectivity index (χ0v) is 11.0. The van der Waals surface area contributed by atoms with Gasteiger partial charge in [-0.3, -0.25) is 0 Å². The summed E-state index contributed by atoms with van der Waals surface area (Å²) in [6.45, 7) is 1.92. The van der Waals surface area contributed by atoms with Crippen molar-refractivity contribution in [1.82, 2.24) is 0 Å². The molecule has 0 saturated carbocycles. The predicted octanol–water partition coefficient (Wildman–Crippen LogP) is 4.93. The Morgan fingerprint density at radius 2 is 1.89 bits per heavy atom. The highest BCUT2D eigenvalue weighted by Gasteiger charge is 2.16. The lowest BCUT2D eigenvalue weighted by Gasteiger charge is -1.95. The standard InChI is InChI=1S/C16H10ClNO/c1-10-7-15-12(8-14(10)17)13(9-18)16(19-15)11-5-3-2-4-6-11/h2-8H,1H3.